The summed E-state index contributed by atoms with van der Waals surface area (Å²) < 4.78 is 7.46. The van der Waals surface area contributed by atoms with E-state index in [1.54, 1.807) is 36.4 Å². The van der Waals surface area contributed by atoms with Gasteiger partial charge in [-0.1, -0.05) is 18.2 Å². The van der Waals surface area contributed by atoms with E-state index in [0.717, 1.165) is 25.2 Å². The number of hydrogen-bond donors (Lipinski definition) is 2. The zero-order valence-corrected chi connectivity index (χ0v) is 18.2. The Bertz CT molecular complexity index is 1220. The molecule has 7 nitrogen and oxygen atoms in total. The predicted octanol–water partition coefficient (Wildman–Crippen LogP) is 2.48. The van der Waals surface area contributed by atoms with Crippen LogP contribution < -0.4 is 21.6 Å². The average molecular weight is 464 g/mol. The van der Waals surface area contributed by atoms with E-state index in [0.29, 0.717) is 23.4 Å². The fraction of sp³-hybridized carbons (Fsp3) is 0.318. The number of para-hydroxylation sites is 1. The van der Waals surface area contributed by atoms with E-state index in [-0.39, 0.29) is 53.5 Å². The molecule has 3 atom stereocenters. The van der Waals surface area contributed by atoms with Gasteiger partial charge in [-0.05, 0) is 30.5 Å². The number of piperidine rings is 1. The van der Waals surface area contributed by atoms with Crippen LogP contribution in [-0.2, 0) is 0 Å². The molecule has 5 rings (SSSR count). The first-order valence-electron chi connectivity index (χ1n) is 9.85. The van der Waals surface area contributed by atoms with Crippen LogP contribution in [0.3, 0.4) is 0 Å². The first-order valence-corrected chi connectivity index (χ1v) is 9.85. The van der Waals surface area contributed by atoms with Gasteiger partial charge in [-0.15, -0.1) is 24.8 Å². The highest BCUT2D eigenvalue weighted by Gasteiger charge is 2.37. The van der Waals surface area contributed by atoms with Crippen LogP contribution in [0.2, 0.25) is 0 Å². The van der Waals surface area contributed by atoms with Crippen molar-refractivity contribution in [3.63, 3.8) is 0 Å². The van der Waals surface area contributed by atoms with Crippen molar-refractivity contribution in [3.05, 3.63) is 80.6 Å². The Hall–Kier alpha value is -2.61. The summed E-state index contributed by atoms with van der Waals surface area (Å²) in [6, 6.07) is 13.3. The molecule has 1 saturated heterocycles. The van der Waals surface area contributed by atoms with Gasteiger partial charge in [0.05, 0.1) is 11.4 Å². The lowest BCUT2D eigenvalue weighted by Gasteiger charge is -2.43. The van der Waals surface area contributed by atoms with Crippen LogP contribution in [0.25, 0.3) is 11.0 Å². The van der Waals surface area contributed by atoms with Crippen LogP contribution >= 0.6 is 24.8 Å². The van der Waals surface area contributed by atoms with Gasteiger partial charge in [0.25, 0.3) is 11.5 Å². The summed E-state index contributed by atoms with van der Waals surface area (Å²) in [5.41, 5.74) is 1.09. The van der Waals surface area contributed by atoms with Gasteiger partial charge in [0.1, 0.15) is 5.58 Å². The molecule has 4 heterocycles. The normalized spacial score (nSPS) is 21.4. The van der Waals surface area contributed by atoms with E-state index < -0.39 is 5.91 Å². The molecule has 31 heavy (non-hydrogen) atoms. The Morgan fingerprint density at radius 1 is 1.10 bits per heavy atom. The molecule has 0 spiro atoms. The molecule has 0 aliphatic carbocycles. The van der Waals surface area contributed by atoms with Gasteiger partial charge < -0.3 is 19.6 Å². The maximum atomic E-state index is 12.7. The molecule has 2 bridgehead atoms. The summed E-state index contributed by atoms with van der Waals surface area (Å²) >= 11 is 0. The number of fused-ring (bicyclic) bond motifs is 5. The summed E-state index contributed by atoms with van der Waals surface area (Å²) in [5.74, 6) is 0.0902. The van der Waals surface area contributed by atoms with Gasteiger partial charge in [-0.3, -0.25) is 14.4 Å². The fourth-order valence-corrected chi connectivity index (χ4v) is 4.67. The standard InChI is InChI=1S/C22H21N3O4.2ClH/c26-18-9-20(29-19-6-2-1-4-15(18)19)22(28)24-12-17-14-8-13(10-23-11-14)16-5-3-7-21(27)25(16)17;;/h1-7,9,13-14,17,23H,8,10-12H2,(H,24,28);2*1H/t13-,14+,17+;;/m1../s1. The first kappa shape index (κ1) is 23.1. The van der Waals surface area contributed by atoms with Gasteiger partial charge in [-0.25, -0.2) is 0 Å². The minimum Gasteiger partial charge on any atom is -0.451 e. The van der Waals surface area contributed by atoms with Crippen molar-refractivity contribution >= 4 is 41.7 Å². The highest BCUT2D eigenvalue weighted by molar-refractivity contribution is 5.93. The number of amides is 1. The molecule has 1 amide bonds. The summed E-state index contributed by atoms with van der Waals surface area (Å²) in [7, 11) is 0. The van der Waals surface area contributed by atoms with Gasteiger partial charge in [0.15, 0.2) is 11.2 Å². The molecule has 9 heteroatoms. The smallest absolute Gasteiger partial charge is 0.287 e. The molecule has 1 fully saturated rings. The van der Waals surface area contributed by atoms with Crippen molar-refractivity contribution in [1.82, 2.24) is 15.2 Å². The van der Waals surface area contributed by atoms with Crippen molar-refractivity contribution in [2.24, 2.45) is 5.92 Å². The second-order valence-corrected chi connectivity index (χ2v) is 7.76. The van der Waals surface area contributed by atoms with Gasteiger partial charge in [-0.2, -0.15) is 0 Å². The van der Waals surface area contributed by atoms with Crippen LogP contribution in [0, 0.1) is 5.92 Å². The van der Waals surface area contributed by atoms with E-state index >= 15 is 0 Å². The monoisotopic (exact) mass is 463 g/mol. The van der Waals surface area contributed by atoms with Crippen LogP contribution in [0.1, 0.15) is 34.6 Å². The van der Waals surface area contributed by atoms with E-state index in [2.05, 4.69) is 10.6 Å². The number of carbonyl (C=O) groups excluding carboxylic acids is 1. The molecule has 2 N–H and O–H groups in total. The first-order chi connectivity index (χ1) is 14.1. The van der Waals surface area contributed by atoms with Gasteiger partial charge in [0, 0.05) is 43.4 Å². The zero-order valence-electron chi connectivity index (χ0n) is 16.6. The molecular weight excluding hydrogens is 441 g/mol. The van der Waals surface area contributed by atoms with Crippen LogP contribution in [-0.4, -0.2) is 30.1 Å². The highest BCUT2D eigenvalue weighted by atomic mass is 35.5. The second kappa shape index (κ2) is 9.26. The summed E-state index contributed by atoms with van der Waals surface area (Å²) in [6.45, 7) is 1.97. The topological polar surface area (TPSA) is 93.3 Å². The molecule has 164 valence electrons. The fourth-order valence-electron chi connectivity index (χ4n) is 4.67. The molecule has 2 aliphatic rings. The van der Waals surface area contributed by atoms with Crippen molar-refractivity contribution in [2.45, 2.75) is 18.4 Å². The van der Waals surface area contributed by atoms with E-state index in [4.69, 9.17) is 4.42 Å². The number of rotatable bonds is 3. The molecule has 2 aromatic heterocycles. The summed E-state index contributed by atoms with van der Waals surface area (Å²) in [6.07, 6.45) is 0.988. The third-order valence-corrected chi connectivity index (χ3v) is 6.03. The van der Waals surface area contributed by atoms with Crippen LogP contribution in [0.5, 0.6) is 0 Å². The quantitative estimate of drug-likeness (QED) is 0.622. The Labute approximate surface area is 190 Å². The third kappa shape index (κ3) is 4.13. The number of pyridine rings is 1. The largest absolute Gasteiger partial charge is 0.451 e. The third-order valence-electron chi connectivity index (χ3n) is 6.03. The van der Waals surface area contributed by atoms with Crippen molar-refractivity contribution in [3.8, 4) is 0 Å². The number of nitrogens with zero attached hydrogens (tertiary/aromatic N) is 1. The second-order valence-electron chi connectivity index (χ2n) is 7.76. The van der Waals surface area contributed by atoms with E-state index in [1.807, 2.05) is 10.6 Å². The van der Waals surface area contributed by atoms with Crippen molar-refractivity contribution < 1.29 is 9.21 Å². The number of halogens is 2. The minimum atomic E-state index is -0.454. The Balaban J connectivity index is 0.00000136. The molecule has 2 aliphatic heterocycles. The Morgan fingerprint density at radius 3 is 2.74 bits per heavy atom. The maximum Gasteiger partial charge on any atom is 0.287 e. The van der Waals surface area contributed by atoms with Crippen molar-refractivity contribution in [2.75, 3.05) is 19.6 Å². The summed E-state index contributed by atoms with van der Waals surface area (Å²) in [5, 5.41) is 6.75. The van der Waals surface area contributed by atoms with Crippen molar-refractivity contribution in [1.29, 1.82) is 0 Å². The maximum absolute atomic E-state index is 12.7. The summed E-state index contributed by atoms with van der Waals surface area (Å²) in [4.78, 5) is 37.6. The number of nitrogens with one attached hydrogen (secondary N) is 2. The number of benzene rings is 1. The van der Waals surface area contributed by atoms with E-state index in [9.17, 15) is 14.4 Å². The molecule has 0 saturated carbocycles. The lowest BCUT2D eigenvalue weighted by molar-refractivity contribution is 0.0905. The lowest BCUT2D eigenvalue weighted by atomic mass is 9.79. The zero-order chi connectivity index (χ0) is 20.0. The number of aromatic nitrogens is 1. The SMILES string of the molecule is Cl.Cl.O=C(NC[C@H]1[C@@H]2CNC[C@@H](C2)c2cccc(=O)n21)c1cc(=O)c2ccccc2o1. The Morgan fingerprint density at radius 2 is 1.90 bits per heavy atom. The van der Waals surface area contributed by atoms with E-state index in [1.165, 1.54) is 6.07 Å². The molecule has 0 radical (unpaired) electrons. The molecule has 3 aromatic rings. The van der Waals surface area contributed by atoms with Crippen LogP contribution in [0.15, 0.2) is 62.5 Å². The van der Waals surface area contributed by atoms with Crippen LogP contribution in [0.4, 0.5) is 0 Å². The highest BCUT2D eigenvalue weighted by Crippen LogP contribution is 2.38. The predicted molar refractivity (Wildman–Crippen MR) is 123 cm³/mol. The lowest BCUT2D eigenvalue weighted by Crippen LogP contribution is -2.50. The van der Waals surface area contributed by atoms with Gasteiger partial charge >= 0.3 is 0 Å². The molecular formula is C22H23Cl2N3O4. The van der Waals surface area contributed by atoms with Gasteiger partial charge in [0.2, 0.25) is 0 Å². The Kier molecular flexibility index (Phi) is 6.89. The average Bonchev–Trinajstić information content (AvgIpc) is 2.74. The number of carbonyl (C=O) groups is 1. The molecule has 0 unspecified atom stereocenters. The molecule has 1 aromatic carbocycles. The number of hydrogen-bond acceptors (Lipinski definition) is 5. The minimum absolute atomic E-state index is 0.